The Balaban J connectivity index is 1.29. The van der Waals surface area contributed by atoms with Gasteiger partial charge in [-0.3, -0.25) is 0 Å². The van der Waals surface area contributed by atoms with Gasteiger partial charge in [0.15, 0.2) is 0 Å². The average Bonchev–Trinajstić information content (AvgIpc) is 2.92. The van der Waals surface area contributed by atoms with Gasteiger partial charge >= 0.3 is 12.2 Å². The molecule has 0 atom stereocenters. The minimum absolute atomic E-state index is 0.0976. The maximum absolute atomic E-state index is 12.5. The lowest BCUT2D eigenvalue weighted by atomic mass is 10.1. The van der Waals surface area contributed by atoms with Crippen molar-refractivity contribution < 1.29 is 23.8 Å². The highest BCUT2D eigenvalue weighted by molar-refractivity contribution is 5.69. The summed E-state index contributed by atoms with van der Waals surface area (Å²) < 4.78 is 17.2. The predicted octanol–water partition coefficient (Wildman–Crippen LogP) is 4.80. The van der Waals surface area contributed by atoms with Gasteiger partial charge in [0.25, 0.3) is 0 Å². The molecule has 0 bridgehead atoms. The van der Waals surface area contributed by atoms with Gasteiger partial charge in [-0.15, -0.1) is 0 Å². The second kappa shape index (κ2) is 12.1. The Hall–Kier alpha value is -3.93. The summed E-state index contributed by atoms with van der Waals surface area (Å²) in [6.45, 7) is 9.35. The third kappa shape index (κ3) is 7.31. The fraction of sp³-hybridized carbons (Fsp3) is 0.483. The lowest BCUT2D eigenvalue weighted by Crippen LogP contribution is -2.50. The van der Waals surface area contributed by atoms with Gasteiger partial charge in [0.2, 0.25) is 0 Å². The molecule has 2 amide bonds. The van der Waals surface area contributed by atoms with Crippen molar-refractivity contribution in [2.45, 2.75) is 51.9 Å². The summed E-state index contributed by atoms with van der Waals surface area (Å²) in [5.74, 6) is 0.546. The number of nitrogens with zero attached hydrogens (tertiary/aromatic N) is 4. The molecule has 202 valence electrons. The highest BCUT2D eigenvalue weighted by Gasteiger charge is 2.28. The molecule has 4 rings (SSSR count). The monoisotopic (exact) mass is 520 g/mol. The average molecular weight is 521 g/mol. The quantitative estimate of drug-likeness (QED) is 0.559. The van der Waals surface area contributed by atoms with E-state index < -0.39 is 5.60 Å². The molecule has 9 nitrogen and oxygen atoms in total. The minimum atomic E-state index is -0.522. The minimum Gasteiger partial charge on any atom is -0.489 e. The number of piperidine rings is 1. The number of anilines is 1. The van der Waals surface area contributed by atoms with Crippen molar-refractivity contribution in [1.29, 1.82) is 5.26 Å². The number of benzene rings is 2. The summed E-state index contributed by atoms with van der Waals surface area (Å²) in [4.78, 5) is 30.5. The third-order valence-corrected chi connectivity index (χ3v) is 6.58. The van der Waals surface area contributed by atoms with Crippen LogP contribution in [0, 0.1) is 11.3 Å². The van der Waals surface area contributed by atoms with Crippen molar-refractivity contribution in [3.05, 3.63) is 59.7 Å². The van der Waals surface area contributed by atoms with Crippen LogP contribution in [0.3, 0.4) is 0 Å². The summed E-state index contributed by atoms with van der Waals surface area (Å²) in [7, 11) is 0. The van der Waals surface area contributed by atoms with E-state index in [1.165, 1.54) is 0 Å². The number of hydrogen-bond acceptors (Lipinski definition) is 7. The Morgan fingerprint density at radius 1 is 0.921 bits per heavy atom. The molecule has 2 aromatic rings. The normalized spacial score (nSPS) is 16.5. The molecular formula is C29H36N4O5. The number of nitriles is 1. The topological polar surface area (TPSA) is 95.3 Å². The summed E-state index contributed by atoms with van der Waals surface area (Å²) in [5.41, 5.74) is 1.86. The van der Waals surface area contributed by atoms with E-state index in [0.29, 0.717) is 63.4 Å². The molecular weight excluding hydrogens is 484 g/mol. The van der Waals surface area contributed by atoms with E-state index in [-0.39, 0.29) is 24.9 Å². The Morgan fingerprint density at radius 2 is 1.58 bits per heavy atom. The van der Waals surface area contributed by atoms with E-state index in [0.717, 1.165) is 11.3 Å². The highest BCUT2D eigenvalue weighted by atomic mass is 16.6. The SMILES string of the molecule is CC(C)(C)OC(=O)N1CCN(c2ccc(C#N)c(OC3CCN(C(=O)OCc4ccccc4)CC3)c2)CC1. The van der Waals surface area contributed by atoms with Crippen molar-refractivity contribution in [1.82, 2.24) is 9.80 Å². The zero-order valence-corrected chi connectivity index (χ0v) is 22.4. The molecule has 38 heavy (non-hydrogen) atoms. The molecule has 9 heteroatoms. The highest BCUT2D eigenvalue weighted by Crippen LogP contribution is 2.29. The van der Waals surface area contributed by atoms with Crippen LogP contribution in [0.4, 0.5) is 15.3 Å². The molecule has 2 fully saturated rings. The van der Waals surface area contributed by atoms with Gasteiger partial charge in [-0.1, -0.05) is 30.3 Å². The molecule has 2 aliphatic heterocycles. The Kier molecular flexibility index (Phi) is 8.62. The van der Waals surface area contributed by atoms with Crippen LogP contribution in [0.2, 0.25) is 0 Å². The Morgan fingerprint density at radius 3 is 2.21 bits per heavy atom. The van der Waals surface area contributed by atoms with Crippen LogP contribution in [0.1, 0.15) is 44.7 Å². The molecule has 0 aliphatic carbocycles. The zero-order valence-electron chi connectivity index (χ0n) is 22.4. The van der Waals surface area contributed by atoms with Crippen LogP contribution < -0.4 is 9.64 Å². The first-order chi connectivity index (χ1) is 18.2. The molecule has 2 saturated heterocycles. The standard InChI is InChI=1S/C29H36N4O5/c1-29(2,3)38-28(35)33-17-15-31(16-18-33)24-10-9-23(20-30)26(19-24)37-25-11-13-32(14-12-25)27(34)36-21-22-7-5-4-6-8-22/h4-10,19,25H,11-18,21H2,1-3H3. The van der Waals surface area contributed by atoms with Gasteiger partial charge in [0.05, 0.1) is 5.56 Å². The van der Waals surface area contributed by atoms with Crippen LogP contribution in [0.15, 0.2) is 48.5 Å². The van der Waals surface area contributed by atoms with Crippen LogP contribution in [-0.2, 0) is 16.1 Å². The third-order valence-electron chi connectivity index (χ3n) is 6.58. The predicted molar refractivity (Wildman–Crippen MR) is 143 cm³/mol. The lowest BCUT2D eigenvalue weighted by molar-refractivity contribution is 0.0240. The number of carbonyl (C=O) groups excluding carboxylic acids is 2. The molecule has 2 heterocycles. The first kappa shape index (κ1) is 27.1. The van der Waals surface area contributed by atoms with Gasteiger partial charge in [-0.25, -0.2) is 9.59 Å². The molecule has 2 aliphatic rings. The van der Waals surface area contributed by atoms with Gasteiger partial charge in [-0.2, -0.15) is 5.26 Å². The van der Waals surface area contributed by atoms with Gasteiger partial charge in [-0.05, 0) is 38.5 Å². The first-order valence-electron chi connectivity index (χ1n) is 13.1. The molecule has 0 saturated carbocycles. The number of likely N-dealkylation sites (tertiary alicyclic amines) is 1. The van der Waals surface area contributed by atoms with E-state index in [9.17, 15) is 14.9 Å². The van der Waals surface area contributed by atoms with Crippen LogP contribution in [0.25, 0.3) is 0 Å². The van der Waals surface area contributed by atoms with Crippen molar-refractivity contribution >= 4 is 17.9 Å². The second-order valence-electron chi connectivity index (χ2n) is 10.6. The van der Waals surface area contributed by atoms with Crippen LogP contribution in [0.5, 0.6) is 5.75 Å². The zero-order chi connectivity index (χ0) is 27.1. The Bertz CT molecular complexity index is 1140. The number of amides is 2. The van der Waals surface area contributed by atoms with E-state index >= 15 is 0 Å². The van der Waals surface area contributed by atoms with E-state index in [4.69, 9.17) is 14.2 Å². The fourth-order valence-electron chi connectivity index (χ4n) is 4.52. The summed E-state index contributed by atoms with van der Waals surface area (Å²) in [5, 5.41) is 9.63. The van der Waals surface area contributed by atoms with Crippen molar-refractivity contribution in [3.8, 4) is 11.8 Å². The number of rotatable bonds is 5. The number of piperazine rings is 1. The van der Waals surface area contributed by atoms with E-state index in [1.54, 1.807) is 15.9 Å². The van der Waals surface area contributed by atoms with E-state index in [1.807, 2.05) is 63.2 Å². The lowest BCUT2D eigenvalue weighted by Gasteiger charge is -2.37. The summed E-state index contributed by atoms with van der Waals surface area (Å²) in [6.07, 6.45) is 0.599. The Labute approximate surface area is 224 Å². The molecule has 0 spiro atoms. The van der Waals surface area contributed by atoms with Crippen molar-refractivity contribution in [2.75, 3.05) is 44.2 Å². The van der Waals surface area contributed by atoms with Crippen LogP contribution in [-0.4, -0.2) is 73.0 Å². The van der Waals surface area contributed by atoms with Gasteiger partial charge in [0, 0.05) is 63.9 Å². The molecule has 0 N–H and O–H groups in total. The fourth-order valence-corrected chi connectivity index (χ4v) is 4.52. The maximum Gasteiger partial charge on any atom is 0.410 e. The molecule has 2 aromatic carbocycles. The van der Waals surface area contributed by atoms with Gasteiger partial charge < -0.3 is 28.9 Å². The maximum atomic E-state index is 12.5. The number of hydrogen-bond donors (Lipinski definition) is 0. The first-order valence-corrected chi connectivity index (χ1v) is 13.1. The largest absolute Gasteiger partial charge is 0.489 e. The van der Waals surface area contributed by atoms with Gasteiger partial charge in [0.1, 0.15) is 30.1 Å². The van der Waals surface area contributed by atoms with Crippen LogP contribution >= 0.6 is 0 Å². The number of carbonyl (C=O) groups is 2. The molecule has 0 radical (unpaired) electrons. The second-order valence-corrected chi connectivity index (χ2v) is 10.6. The smallest absolute Gasteiger partial charge is 0.410 e. The molecule has 0 aromatic heterocycles. The number of ether oxygens (including phenoxy) is 3. The van der Waals surface area contributed by atoms with Crippen molar-refractivity contribution in [3.63, 3.8) is 0 Å². The molecule has 0 unspecified atom stereocenters. The summed E-state index contributed by atoms with van der Waals surface area (Å²) >= 11 is 0. The summed E-state index contributed by atoms with van der Waals surface area (Å²) in [6, 6.07) is 17.4. The van der Waals surface area contributed by atoms with E-state index in [2.05, 4.69) is 11.0 Å². The van der Waals surface area contributed by atoms with Crippen molar-refractivity contribution in [2.24, 2.45) is 0 Å².